The average Bonchev–Trinajstić information content (AvgIpc) is 2.55. The molecule has 0 aliphatic carbocycles. The first-order chi connectivity index (χ1) is 8.15. The van der Waals surface area contributed by atoms with E-state index >= 15 is 0 Å². The molecule has 1 atom stereocenters. The van der Waals surface area contributed by atoms with Gasteiger partial charge in [-0.25, -0.2) is 0 Å². The molecule has 96 valence electrons. The molecule has 1 aliphatic rings. The molecule has 17 heavy (non-hydrogen) atoms. The summed E-state index contributed by atoms with van der Waals surface area (Å²) in [5.74, 6) is 0. The summed E-state index contributed by atoms with van der Waals surface area (Å²) in [6, 6.07) is 0.386. The molecular weight excluding hydrogens is 214 g/mol. The van der Waals surface area contributed by atoms with Crippen LogP contribution in [-0.4, -0.2) is 41.0 Å². The van der Waals surface area contributed by atoms with Gasteiger partial charge in [-0.2, -0.15) is 5.10 Å². The average molecular weight is 237 g/mol. The van der Waals surface area contributed by atoms with Crippen LogP contribution in [0.5, 0.6) is 0 Å². The summed E-state index contributed by atoms with van der Waals surface area (Å²) >= 11 is 0. The lowest BCUT2D eigenvalue weighted by Gasteiger charge is -2.35. The number of hydrogen-bond donors (Lipinski definition) is 0. The van der Waals surface area contributed by atoms with E-state index in [4.69, 9.17) is 4.74 Å². The lowest BCUT2D eigenvalue weighted by atomic mass is 10.0. The Hall–Kier alpha value is -0.870. The van der Waals surface area contributed by atoms with Crippen molar-refractivity contribution in [1.82, 2.24) is 14.7 Å². The molecule has 0 bridgehead atoms. The summed E-state index contributed by atoms with van der Waals surface area (Å²) in [4.78, 5) is 2.53. The van der Waals surface area contributed by atoms with Crippen molar-refractivity contribution in [2.24, 2.45) is 7.05 Å². The minimum atomic E-state index is 0.386. The fraction of sp³-hybridized carbons (Fsp3) is 0.769. The molecular formula is C13H23N3O. The first-order valence-corrected chi connectivity index (χ1v) is 6.47. The number of hydrogen-bond acceptors (Lipinski definition) is 3. The van der Waals surface area contributed by atoms with Crippen LogP contribution in [-0.2, 0) is 11.8 Å². The van der Waals surface area contributed by atoms with Crippen molar-refractivity contribution in [3.8, 4) is 0 Å². The largest absolute Gasteiger partial charge is 0.378 e. The smallest absolute Gasteiger partial charge is 0.0665 e. The highest BCUT2D eigenvalue weighted by atomic mass is 16.5. The van der Waals surface area contributed by atoms with Crippen LogP contribution in [0.3, 0.4) is 0 Å². The molecule has 0 aromatic carbocycles. The van der Waals surface area contributed by atoms with E-state index in [9.17, 15) is 0 Å². The minimum Gasteiger partial charge on any atom is -0.378 e. The number of ether oxygens (including phenoxy) is 1. The fourth-order valence-corrected chi connectivity index (χ4v) is 2.73. The predicted molar refractivity (Wildman–Crippen MR) is 68.1 cm³/mol. The molecule has 1 saturated heterocycles. The fourth-order valence-electron chi connectivity index (χ4n) is 2.73. The van der Waals surface area contributed by atoms with E-state index in [2.05, 4.69) is 30.8 Å². The van der Waals surface area contributed by atoms with E-state index in [1.165, 1.54) is 17.7 Å². The Morgan fingerprint density at radius 2 is 2.18 bits per heavy atom. The molecule has 0 radical (unpaired) electrons. The van der Waals surface area contributed by atoms with E-state index in [1.54, 1.807) is 0 Å². The van der Waals surface area contributed by atoms with Gasteiger partial charge in [0.1, 0.15) is 0 Å². The molecule has 1 unspecified atom stereocenters. The lowest BCUT2D eigenvalue weighted by Crippen LogP contribution is -2.40. The Balaban J connectivity index is 2.29. The van der Waals surface area contributed by atoms with Crippen LogP contribution in [0.15, 0.2) is 0 Å². The SMILES string of the molecule is CCCN1CCOCC1c1c(C)nn(C)c1C. The second-order valence-electron chi connectivity index (χ2n) is 4.83. The van der Waals surface area contributed by atoms with Gasteiger partial charge in [0.25, 0.3) is 0 Å². The summed E-state index contributed by atoms with van der Waals surface area (Å²) in [6.07, 6.45) is 1.19. The van der Waals surface area contributed by atoms with Gasteiger partial charge in [-0.1, -0.05) is 6.92 Å². The first-order valence-electron chi connectivity index (χ1n) is 6.47. The van der Waals surface area contributed by atoms with Gasteiger partial charge in [0, 0.05) is 24.8 Å². The van der Waals surface area contributed by atoms with E-state index < -0.39 is 0 Å². The van der Waals surface area contributed by atoms with Crippen LogP contribution >= 0.6 is 0 Å². The monoisotopic (exact) mass is 237 g/mol. The van der Waals surface area contributed by atoms with Crippen molar-refractivity contribution in [2.75, 3.05) is 26.3 Å². The van der Waals surface area contributed by atoms with Crippen molar-refractivity contribution in [3.05, 3.63) is 17.0 Å². The second kappa shape index (κ2) is 5.19. The van der Waals surface area contributed by atoms with Crippen molar-refractivity contribution in [3.63, 3.8) is 0 Å². The quantitative estimate of drug-likeness (QED) is 0.803. The summed E-state index contributed by atoms with van der Waals surface area (Å²) in [6.45, 7) is 10.3. The Morgan fingerprint density at radius 3 is 2.76 bits per heavy atom. The van der Waals surface area contributed by atoms with Gasteiger partial charge in [0.15, 0.2) is 0 Å². The summed E-state index contributed by atoms with van der Waals surface area (Å²) < 4.78 is 7.63. The highest BCUT2D eigenvalue weighted by Crippen LogP contribution is 2.29. The van der Waals surface area contributed by atoms with Crippen LogP contribution in [0.25, 0.3) is 0 Å². The normalized spacial score (nSPS) is 22.0. The number of morpholine rings is 1. The zero-order valence-corrected chi connectivity index (χ0v) is 11.4. The van der Waals surface area contributed by atoms with Gasteiger partial charge in [0.2, 0.25) is 0 Å². The molecule has 0 spiro atoms. The molecule has 0 N–H and O–H groups in total. The minimum absolute atomic E-state index is 0.386. The summed E-state index contributed by atoms with van der Waals surface area (Å²) in [5.41, 5.74) is 3.77. The van der Waals surface area contributed by atoms with Crippen LogP contribution in [0.2, 0.25) is 0 Å². The van der Waals surface area contributed by atoms with Gasteiger partial charge in [-0.15, -0.1) is 0 Å². The zero-order valence-electron chi connectivity index (χ0n) is 11.4. The molecule has 0 amide bonds. The third kappa shape index (κ3) is 2.38. The number of aromatic nitrogens is 2. The van der Waals surface area contributed by atoms with Gasteiger partial charge >= 0.3 is 0 Å². The molecule has 4 nitrogen and oxygen atoms in total. The third-order valence-electron chi connectivity index (χ3n) is 3.65. The van der Waals surface area contributed by atoms with E-state index in [1.807, 2.05) is 11.7 Å². The predicted octanol–water partition coefficient (Wildman–Crippen LogP) is 1.82. The third-order valence-corrected chi connectivity index (χ3v) is 3.65. The zero-order chi connectivity index (χ0) is 12.4. The maximum Gasteiger partial charge on any atom is 0.0665 e. The van der Waals surface area contributed by atoms with Crippen molar-refractivity contribution >= 4 is 0 Å². The maximum absolute atomic E-state index is 5.65. The maximum atomic E-state index is 5.65. The van der Waals surface area contributed by atoms with Gasteiger partial charge < -0.3 is 4.74 Å². The van der Waals surface area contributed by atoms with Crippen LogP contribution in [0, 0.1) is 13.8 Å². The van der Waals surface area contributed by atoms with Gasteiger partial charge in [-0.05, 0) is 26.8 Å². The van der Waals surface area contributed by atoms with E-state index in [0.29, 0.717) is 6.04 Å². The molecule has 1 fully saturated rings. The highest BCUT2D eigenvalue weighted by molar-refractivity contribution is 5.28. The lowest BCUT2D eigenvalue weighted by molar-refractivity contribution is -0.00877. The standard InChI is InChI=1S/C13H23N3O/c1-5-6-16-7-8-17-9-12(16)13-10(2)14-15(4)11(13)3/h12H,5-9H2,1-4H3. The number of aryl methyl sites for hydroxylation is 2. The van der Waals surface area contributed by atoms with Crippen molar-refractivity contribution in [2.45, 2.75) is 33.2 Å². The highest BCUT2D eigenvalue weighted by Gasteiger charge is 2.28. The van der Waals surface area contributed by atoms with Crippen LogP contribution in [0.1, 0.15) is 36.3 Å². The first kappa shape index (κ1) is 12.6. The van der Waals surface area contributed by atoms with Crippen LogP contribution < -0.4 is 0 Å². The Labute approximate surface area is 104 Å². The summed E-state index contributed by atoms with van der Waals surface area (Å²) in [5, 5.41) is 4.51. The van der Waals surface area contributed by atoms with E-state index in [0.717, 1.165) is 32.0 Å². The van der Waals surface area contributed by atoms with Gasteiger partial charge in [-0.3, -0.25) is 9.58 Å². The van der Waals surface area contributed by atoms with Crippen LogP contribution in [0.4, 0.5) is 0 Å². The molecule has 1 aromatic heterocycles. The Kier molecular flexibility index (Phi) is 3.84. The molecule has 0 saturated carbocycles. The molecule has 4 heteroatoms. The Bertz CT molecular complexity index is 384. The second-order valence-corrected chi connectivity index (χ2v) is 4.83. The summed E-state index contributed by atoms with van der Waals surface area (Å²) in [7, 11) is 2.01. The van der Waals surface area contributed by atoms with Gasteiger partial charge in [0.05, 0.1) is 24.9 Å². The number of rotatable bonds is 3. The van der Waals surface area contributed by atoms with E-state index in [-0.39, 0.29) is 0 Å². The molecule has 1 aromatic rings. The molecule has 2 heterocycles. The topological polar surface area (TPSA) is 30.3 Å². The Morgan fingerprint density at radius 1 is 1.41 bits per heavy atom. The van der Waals surface area contributed by atoms with Crippen molar-refractivity contribution < 1.29 is 4.74 Å². The number of nitrogens with zero attached hydrogens (tertiary/aromatic N) is 3. The molecule has 2 rings (SSSR count). The molecule has 1 aliphatic heterocycles. The van der Waals surface area contributed by atoms with Crippen molar-refractivity contribution in [1.29, 1.82) is 0 Å².